The molecular formula is C13H13F4N3. The summed E-state index contributed by atoms with van der Waals surface area (Å²) >= 11 is 0. The molecule has 108 valence electrons. The van der Waals surface area contributed by atoms with Gasteiger partial charge >= 0.3 is 6.18 Å². The molecule has 0 saturated carbocycles. The highest BCUT2D eigenvalue weighted by Gasteiger charge is 2.33. The fourth-order valence-electron chi connectivity index (χ4n) is 2.02. The van der Waals surface area contributed by atoms with Crippen molar-refractivity contribution in [2.24, 2.45) is 5.73 Å². The van der Waals surface area contributed by atoms with E-state index in [0.717, 1.165) is 10.9 Å². The molecule has 0 aliphatic carbocycles. The van der Waals surface area contributed by atoms with Gasteiger partial charge in [0.15, 0.2) is 0 Å². The van der Waals surface area contributed by atoms with Crippen LogP contribution in [0.3, 0.4) is 0 Å². The first-order valence-electron chi connectivity index (χ1n) is 5.92. The van der Waals surface area contributed by atoms with Crippen LogP contribution >= 0.6 is 0 Å². The van der Waals surface area contributed by atoms with Crippen molar-refractivity contribution in [2.45, 2.75) is 25.2 Å². The fourth-order valence-corrected chi connectivity index (χ4v) is 2.02. The maximum atomic E-state index is 13.8. The van der Waals surface area contributed by atoms with Gasteiger partial charge in [-0.05, 0) is 13.0 Å². The lowest BCUT2D eigenvalue weighted by Crippen LogP contribution is -2.31. The van der Waals surface area contributed by atoms with E-state index in [1.54, 1.807) is 13.0 Å². The minimum atomic E-state index is -4.49. The molecule has 20 heavy (non-hydrogen) atoms. The first-order valence-corrected chi connectivity index (χ1v) is 5.92. The fraction of sp³-hybridized carbons (Fsp3) is 0.308. The molecule has 2 atom stereocenters. The summed E-state index contributed by atoms with van der Waals surface area (Å²) in [5.74, 6) is -0.529. The van der Waals surface area contributed by atoms with Crippen molar-refractivity contribution in [3.8, 4) is 0 Å². The summed E-state index contributed by atoms with van der Waals surface area (Å²) in [5, 5.41) is 3.67. The average Bonchev–Trinajstić information content (AvgIpc) is 2.80. The SMILES string of the molecule is CC(N)C(c1ccccc1F)n1cc(C(F)(F)F)cn1. The van der Waals surface area contributed by atoms with Gasteiger partial charge < -0.3 is 5.73 Å². The summed E-state index contributed by atoms with van der Waals surface area (Å²) in [6.07, 6.45) is -2.95. The minimum Gasteiger partial charge on any atom is -0.326 e. The maximum Gasteiger partial charge on any atom is 0.419 e. The highest BCUT2D eigenvalue weighted by atomic mass is 19.4. The normalized spacial score (nSPS) is 15.1. The van der Waals surface area contributed by atoms with Gasteiger partial charge in [-0.1, -0.05) is 18.2 Å². The van der Waals surface area contributed by atoms with E-state index in [9.17, 15) is 17.6 Å². The molecule has 7 heteroatoms. The van der Waals surface area contributed by atoms with Crippen LogP contribution in [-0.2, 0) is 6.18 Å². The number of halogens is 4. The zero-order chi connectivity index (χ0) is 14.9. The molecule has 0 aliphatic heterocycles. The number of hydrogen-bond acceptors (Lipinski definition) is 2. The van der Waals surface area contributed by atoms with E-state index in [4.69, 9.17) is 5.73 Å². The zero-order valence-electron chi connectivity index (χ0n) is 10.6. The van der Waals surface area contributed by atoms with Crippen molar-refractivity contribution in [3.63, 3.8) is 0 Å². The number of nitrogens with zero attached hydrogens (tertiary/aromatic N) is 2. The summed E-state index contributed by atoms with van der Waals surface area (Å²) in [6.45, 7) is 1.59. The highest BCUT2D eigenvalue weighted by molar-refractivity contribution is 5.24. The van der Waals surface area contributed by atoms with E-state index in [2.05, 4.69) is 5.10 Å². The smallest absolute Gasteiger partial charge is 0.326 e. The third kappa shape index (κ3) is 2.82. The van der Waals surface area contributed by atoms with E-state index in [1.807, 2.05) is 0 Å². The first kappa shape index (κ1) is 14.5. The Morgan fingerprint density at radius 3 is 2.40 bits per heavy atom. The Labute approximate surface area is 113 Å². The van der Waals surface area contributed by atoms with Crippen molar-refractivity contribution in [3.05, 3.63) is 53.6 Å². The highest BCUT2D eigenvalue weighted by Crippen LogP contribution is 2.31. The predicted octanol–water partition coefficient (Wildman–Crippen LogP) is 2.98. The monoisotopic (exact) mass is 287 g/mol. The lowest BCUT2D eigenvalue weighted by Gasteiger charge is -2.22. The molecule has 2 unspecified atom stereocenters. The molecule has 2 aromatic rings. The Bertz CT molecular complexity index is 589. The third-order valence-corrected chi connectivity index (χ3v) is 2.94. The topological polar surface area (TPSA) is 43.8 Å². The van der Waals surface area contributed by atoms with E-state index in [-0.39, 0.29) is 5.56 Å². The predicted molar refractivity (Wildman–Crippen MR) is 65.4 cm³/mol. The van der Waals surface area contributed by atoms with Crippen LogP contribution in [0, 0.1) is 5.82 Å². The number of benzene rings is 1. The summed E-state index contributed by atoms with van der Waals surface area (Å²) in [6, 6.07) is 4.42. The van der Waals surface area contributed by atoms with Crippen LogP contribution in [0.4, 0.5) is 17.6 Å². The van der Waals surface area contributed by atoms with Crippen LogP contribution in [0.2, 0.25) is 0 Å². The molecule has 0 amide bonds. The van der Waals surface area contributed by atoms with Crippen LogP contribution in [0.25, 0.3) is 0 Å². The molecule has 0 bridgehead atoms. The van der Waals surface area contributed by atoms with Gasteiger partial charge in [-0.3, -0.25) is 4.68 Å². The lowest BCUT2D eigenvalue weighted by atomic mass is 10.0. The van der Waals surface area contributed by atoms with Gasteiger partial charge in [0.2, 0.25) is 0 Å². The quantitative estimate of drug-likeness (QED) is 0.882. The molecule has 0 radical (unpaired) electrons. The number of hydrogen-bond donors (Lipinski definition) is 1. The molecule has 0 saturated heterocycles. The molecule has 0 fully saturated rings. The van der Waals surface area contributed by atoms with E-state index >= 15 is 0 Å². The van der Waals surface area contributed by atoms with Gasteiger partial charge in [0.25, 0.3) is 0 Å². The van der Waals surface area contributed by atoms with Crippen molar-refractivity contribution in [1.82, 2.24) is 9.78 Å². The Kier molecular flexibility index (Phi) is 3.80. The molecule has 1 aromatic heterocycles. The second kappa shape index (κ2) is 5.24. The second-order valence-corrected chi connectivity index (χ2v) is 4.53. The van der Waals surface area contributed by atoms with Crippen molar-refractivity contribution in [2.75, 3.05) is 0 Å². The number of alkyl halides is 3. The molecule has 1 heterocycles. The maximum absolute atomic E-state index is 13.8. The van der Waals surface area contributed by atoms with Gasteiger partial charge in [0.1, 0.15) is 5.82 Å². The van der Waals surface area contributed by atoms with Crippen LogP contribution in [0.1, 0.15) is 24.1 Å². The van der Waals surface area contributed by atoms with Crippen molar-refractivity contribution >= 4 is 0 Å². The number of rotatable bonds is 3. The summed E-state index contributed by atoms with van der Waals surface area (Å²) in [7, 11) is 0. The summed E-state index contributed by atoms with van der Waals surface area (Å²) in [4.78, 5) is 0. The van der Waals surface area contributed by atoms with Crippen LogP contribution in [-0.4, -0.2) is 15.8 Å². The largest absolute Gasteiger partial charge is 0.419 e. The standard InChI is InChI=1S/C13H13F4N3/c1-8(18)12(10-4-2-3-5-11(10)14)20-7-9(6-19-20)13(15,16)17/h2-8,12H,18H2,1H3. The molecule has 2 rings (SSSR count). The Morgan fingerprint density at radius 2 is 1.90 bits per heavy atom. The molecule has 2 N–H and O–H groups in total. The molecule has 1 aromatic carbocycles. The van der Waals surface area contributed by atoms with Gasteiger partial charge in [-0.25, -0.2) is 4.39 Å². The Hall–Kier alpha value is -1.89. The van der Waals surface area contributed by atoms with E-state index in [1.165, 1.54) is 18.2 Å². The van der Waals surface area contributed by atoms with E-state index in [0.29, 0.717) is 6.20 Å². The van der Waals surface area contributed by atoms with Crippen molar-refractivity contribution in [1.29, 1.82) is 0 Å². The molecular weight excluding hydrogens is 274 g/mol. The van der Waals surface area contributed by atoms with Gasteiger partial charge in [-0.15, -0.1) is 0 Å². The van der Waals surface area contributed by atoms with Gasteiger partial charge in [0.05, 0.1) is 17.8 Å². The summed E-state index contributed by atoms with van der Waals surface area (Å²) < 4.78 is 52.6. The van der Waals surface area contributed by atoms with Crippen LogP contribution in [0.15, 0.2) is 36.7 Å². The summed E-state index contributed by atoms with van der Waals surface area (Å²) in [5.41, 5.74) is 5.10. The average molecular weight is 287 g/mol. The Balaban J connectivity index is 2.45. The lowest BCUT2D eigenvalue weighted by molar-refractivity contribution is -0.137. The molecule has 3 nitrogen and oxygen atoms in total. The van der Waals surface area contributed by atoms with Crippen LogP contribution < -0.4 is 5.73 Å². The second-order valence-electron chi connectivity index (χ2n) is 4.53. The third-order valence-electron chi connectivity index (χ3n) is 2.94. The first-order chi connectivity index (χ1) is 9.30. The van der Waals surface area contributed by atoms with Gasteiger partial charge in [0, 0.05) is 17.8 Å². The number of aromatic nitrogens is 2. The number of nitrogens with two attached hydrogens (primary N) is 1. The Morgan fingerprint density at radius 1 is 1.25 bits per heavy atom. The molecule has 0 spiro atoms. The van der Waals surface area contributed by atoms with Crippen LogP contribution in [0.5, 0.6) is 0 Å². The van der Waals surface area contributed by atoms with Crippen molar-refractivity contribution < 1.29 is 17.6 Å². The van der Waals surface area contributed by atoms with Gasteiger partial charge in [-0.2, -0.15) is 18.3 Å². The zero-order valence-corrected chi connectivity index (χ0v) is 10.6. The minimum absolute atomic E-state index is 0.208. The van der Waals surface area contributed by atoms with E-state index < -0.39 is 29.6 Å². The molecule has 0 aliphatic rings.